The first-order valence-electron chi connectivity index (χ1n) is 8.97. The van der Waals surface area contributed by atoms with E-state index in [9.17, 15) is 4.79 Å². The number of morpholine rings is 1. The van der Waals surface area contributed by atoms with Crippen LogP contribution in [0.4, 0.5) is 0 Å². The number of benzene rings is 1. The smallest absolute Gasteiger partial charge is 0.230 e. The second-order valence-electron chi connectivity index (χ2n) is 7.09. The molecule has 1 saturated heterocycles. The van der Waals surface area contributed by atoms with E-state index in [1.54, 1.807) is 0 Å². The summed E-state index contributed by atoms with van der Waals surface area (Å²) in [5.74, 6) is 0.156. The van der Waals surface area contributed by atoms with Gasteiger partial charge in [0.2, 0.25) is 5.91 Å². The third-order valence-electron chi connectivity index (χ3n) is 5.28. The molecule has 0 bridgehead atoms. The van der Waals surface area contributed by atoms with Crippen LogP contribution in [0.2, 0.25) is 5.02 Å². The van der Waals surface area contributed by atoms with Gasteiger partial charge in [-0.05, 0) is 37.5 Å². The van der Waals surface area contributed by atoms with E-state index in [0.717, 1.165) is 64.1 Å². The SMILES string of the molecule is CC(CN1CCOCC1)NC(=O)C1(c2cccc(Cl)c2)CCCC1. The molecule has 1 atom stereocenters. The average Bonchev–Trinajstić information content (AvgIpc) is 3.07. The van der Waals surface area contributed by atoms with E-state index in [-0.39, 0.29) is 11.9 Å². The summed E-state index contributed by atoms with van der Waals surface area (Å²) < 4.78 is 5.39. The molecule has 5 heteroatoms. The van der Waals surface area contributed by atoms with Gasteiger partial charge in [0.15, 0.2) is 0 Å². The summed E-state index contributed by atoms with van der Waals surface area (Å²) in [5.41, 5.74) is 0.646. The molecule has 0 radical (unpaired) electrons. The molecular formula is C19H27ClN2O2. The molecule has 1 aliphatic heterocycles. The van der Waals surface area contributed by atoms with Gasteiger partial charge in [0, 0.05) is 30.7 Å². The van der Waals surface area contributed by atoms with Crippen LogP contribution in [0, 0.1) is 0 Å². The van der Waals surface area contributed by atoms with Crippen molar-refractivity contribution in [1.29, 1.82) is 0 Å². The van der Waals surface area contributed by atoms with Gasteiger partial charge >= 0.3 is 0 Å². The van der Waals surface area contributed by atoms with Crippen molar-refractivity contribution in [2.45, 2.75) is 44.1 Å². The Hall–Kier alpha value is -1.10. The minimum Gasteiger partial charge on any atom is -0.379 e. The first-order valence-corrected chi connectivity index (χ1v) is 9.35. The number of nitrogens with one attached hydrogen (secondary N) is 1. The quantitative estimate of drug-likeness (QED) is 0.887. The van der Waals surface area contributed by atoms with Crippen molar-refractivity contribution >= 4 is 17.5 Å². The Morgan fingerprint density at radius 3 is 2.71 bits per heavy atom. The van der Waals surface area contributed by atoms with Gasteiger partial charge in [-0.15, -0.1) is 0 Å². The number of halogens is 1. The molecule has 1 saturated carbocycles. The van der Waals surface area contributed by atoms with Crippen molar-refractivity contribution in [2.24, 2.45) is 0 Å². The van der Waals surface area contributed by atoms with Crippen LogP contribution in [0.1, 0.15) is 38.2 Å². The van der Waals surface area contributed by atoms with Gasteiger partial charge in [-0.2, -0.15) is 0 Å². The van der Waals surface area contributed by atoms with E-state index in [1.807, 2.05) is 24.3 Å². The highest BCUT2D eigenvalue weighted by molar-refractivity contribution is 6.30. The number of nitrogens with zero attached hydrogens (tertiary/aromatic N) is 1. The zero-order valence-corrected chi connectivity index (χ0v) is 15.1. The molecule has 1 aromatic carbocycles. The summed E-state index contributed by atoms with van der Waals surface area (Å²) >= 11 is 6.17. The monoisotopic (exact) mass is 350 g/mol. The van der Waals surface area contributed by atoms with Crippen LogP contribution in [0.15, 0.2) is 24.3 Å². The molecule has 1 aliphatic carbocycles. The van der Waals surface area contributed by atoms with Gasteiger partial charge in [-0.3, -0.25) is 9.69 Å². The molecule has 24 heavy (non-hydrogen) atoms. The fraction of sp³-hybridized carbons (Fsp3) is 0.632. The Morgan fingerprint density at radius 2 is 2.04 bits per heavy atom. The number of rotatable bonds is 5. The molecule has 2 fully saturated rings. The van der Waals surface area contributed by atoms with Crippen LogP contribution in [-0.2, 0) is 14.9 Å². The van der Waals surface area contributed by atoms with Crippen LogP contribution >= 0.6 is 11.6 Å². The molecule has 0 spiro atoms. The number of hydrogen-bond acceptors (Lipinski definition) is 3. The summed E-state index contributed by atoms with van der Waals surface area (Å²) in [6.45, 7) is 6.42. The van der Waals surface area contributed by atoms with E-state index in [0.29, 0.717) is 5.02 Å². The Morgan fingerprint density at radius 1 is 1.33 bits per heavy atom. The highest BCUT2D eigenvalue weighted by Crippen LogP contribution is 2.42. The van der Waals surface area contributed by atoms with Crippen molar-refractivity contribution in [3.8, 4) is 0 Å². The van der Waals surface area contributed by atoms with Gasteiger partial charge in [-0.1, -0.05) is 36.6 Å². The largest absolute Gasteiger partial charge is 0.379 e. The number of carbonyl (C=O) groups is 1. The maximum Gasteiger partial charge on any atom is 0.230 e. The summed E-state index contributed by atoms with van der Waals surface area (Å²) in [6.07, 6.45) is 4.00. The molecule has 1 N–H and O–H groups in total. The lowest BCUT2D eigenvalue weighted by Gasteiger charge is -2.33. The molecule has 0 aromatic heterocycles. The number of carbonyl (C=O) groups excluding carboxylic acids is 1. The Balaban J connectivity index is 1.68. The van der Waals surface area contributed by atoms with Crippen molar-refractivity contribution in [3.63, 3.8) is 0 Å². The maximum atomic E-state index is 13.1. The number of hydrogen-bond donors (Lipinski definition) is 1. The van der Waals surface area contributed by atoms with Crippen LogP contribution in [0.5, 0.6) is 0 Å². The van der Waals surface area contributed by atoms with E-state index < -0.39 is 5.41 Å². The topological polar surface area (TPSA) is 41.6 Å². The van der Waals surface area contributed by atoms with Crippen LogP contribution in [-0.4, -0.2) is 49.7 Å². The molecule has 132 valence electrons. The molecule has 1 aromatic rings. The number of amides is 1. The van der Waals surface area contributed by atoms with Crippen molar-refractivity contribution in [3.05, 3.63) is 34.9 Å². The van der Waals surface area contributed by atoms with Gasteiger partial charge in [0.25, 0.3) is 0 Å². The third kappa shape index (κ3) is 3.93. The van der Waals surface area contributed by atoms with Crippen LogP contribution in [0.25, 0.3) is 0 Å². The molecule has 1 unspecified atom stereocenters. The Kier molecular flexibility index (Phi) is 5.80. The van der Waals surface area contributed by atoms with Crippen molar-refractivity contribution in [2.75, 3.05) is 32.8 Å². The van der Waals surface area contributed by atoms with E-state index in [1.165, 1.54) is 0 Å². The Bertz CT molecular complexity index is 566. The van der Waals surface area contributed by atoms with Crippen LogP contribution in [0.3, 0.4) is 0 Å². The van der Waals surface area contributed by atoms with Gasteiger partial charge in [0.1, 0.15) is 0 Å². The van der Waals surface area contributed by atoms with E-state index >= 15 is 0 Å². The number of ether oxygens (including phenoxy) is 1. The normalized spacial score (nSPS) is 22.2. The summed E-state index contributed by atoms with van der Waals surface area (Å²) in [7, 11) is 0. The highest BCUT2D eigenvalue weighted by atomic mass is 35.5. The van der Waals surface area contributed by atoms with Crippen LogP contribution < -0.4 is 5.32 Å². The predicted molar refractivity (Wildman–Crippen MR) is 96.5 cm³/mol. The fourth-order valence-corrected chi connectivity index (χ4v) is 4.18. The lowest BCUT2D eigenvalue weighted by Crippen LogP contribution is -2.51. The van der Waals surface area contributed by atoms with Crippen molar-refractivity contribution in [1.82, 2.24) is 10.2 Å². The minimum absolute atomic E-state index is 0.132. The zero-order valence-electron chi connectivity index (χ0n) is 14.4. The van der Waals surface area contributed by atoms with E-state index in [2.05, 4.69) is 17.1 Å². The summed E-state index contributed by atoms with van der Waals surface area (Å²) in [4.78, 5) is 15.5. The zero-order chi connectivity index (χ0) is 17.0. The van der Waals surface area contributed by atoms with E-state index in [4.69, 9.17) is 16.3 Å². The molecule has 1 amide bonds. The second-order valence-corrected chi connectivity index (χ2v) is 7.52. The molecule has 3 rings (SSSR count). The maximum absolute atomic E-state index is 13.1. The Labute approximate surface area is 149 Å². The predicted octanol–water partition coefficient (Wildman–Crippen LogP) is 2.99. The molecule has 4 nitrogen and oxygen atoms in total. The van der Waals surface area contributed by atoms with Crippen molar-refractivity contribution < 1.29 is 9.53 Å². The highest BCUT2D eigenvalue weighted by Gasteiger charge is 2.43. The van der Waals surface area contributed by atoms with Gasteiger partial charge in [-0.25, -0.2) is 0 Å². The molecule has 2 aliphatic rings. The molecular weight excluding hydrogens is 324 g/mol. The minimum atomic E-state index is -0.413. The molecule has 1 heterocycles. The second kappa shape index (κ2) is 7.85. The lowest BCUT2D eigenvalue weighted by molar-refractivity contribution is -0.127. The third-order valence-corrected chi connectivity index (χ3v) is 5.52. The standard InChI is InChI=1S/C19H27ClN2O2/c1-15(14-22-9-11-24-12-10-22)21-18(23)19(7-2-3-8-19)16-5-4-6-17(20)13-16/h4-6,13,15H,2-3,7-12,14H2,1H3,(H,21,23). The summed E-state index contributed by atoms with van der Waals surface area (Å²) in [6, 6.07) is 7.95. The first-order chi connectivity index (χ1) is 11.6. The lowest BCUT2D eigenvalue weighted by atomic mass is 9.78. The van der Waals surface area contributed by atoms with Gasteiger partial charge in [0.05, 0.1) is 18.6 Å². The average molecular weight is 351 g/mol. The fourth-order valence-electron chi connectivity index (χ4n) is 3.99. The first kappa shape index (κ1) is 17.7. The summed E-state index contributed by atoms with van der Waals surface area (Å²) in [5, 5.41) is 3.97. The van der Waals surface area contributed by atoms with Gasteiger partial charge < -0.3 is 10.1 Å².